The highest BCUT2D eigenvalue weighted by Crippen LogP contribution is 2.29. The molecule has 0 radical (unpaired) electrons. The van der Waals surface area contributed by atoms with E-state index in [0.717, 1.165) is 15.2 Å². The second-order valence-electron chi connectivity index (χ2n) is 7.33. The lowest BCUT2D eigenvalue weighted by Gasteiger charge is -2.23. The number of aliphatic hydroxyl groups is 1. The van der Waals surface area contributed by atoms with E-state index in [0.29, 0.717) is 16.8 Å². The average Bonchev–Trinajstić information content (AvgIpc) is 3.23. The third kappa shape index (κ3) is 3.77. The smallest absolute Gasteiger partial charge is 0.282 e. The van der Waals surface area contributed by atoms with E-state index >= 15 is 0 Å². The minimum Gasteiger partial charge on any atom is -0.395 e. The molecule has 1 atom stereocenters. The molecule has 0 saturated heterocycles. The number of aryl methyl sites for hydroxylation is 1. The Morgan fingerprint density at radius 3 is 2.55 bits per heavy atom. The van der Waals surface area contributed by atoms with E-state index < -0.39 is 15.9 Å². The van der Waals surface area contributed by atoms with E-state index in [-0.39, 0.29) is 30.5 Å². The van der Waals surface area contributed by atoms with Crippen LogP contribution in [-0.4, -0.2) is 40.1 Å². The molecule has 0 aliphatic carbocycles. The van der Waals surface area contributed by atoms with E-state index in [1.807, 2.05) is 31.2 Å². The highest BCUT2D eigenvalue weighted by atomic mass is 32.2. The summed E-state index contributed by atoms with van der Waals surface area (Å²) in [6.45, 7) is 9.05. The van der Waals surface area contributed by atoms with Crippen LogP contribution in [0.2, 0.25) is 0 Å². The van der Waals surface area contributed by atoms with Crippen molar-refractivity contribution < 1.29 is 18.3 Å². The van der Waals surface area contributed by atoms with Crippen LogP contribution in [0, 0.1) is 6.92 Å². The first-order chi connectivity index (χ1) is 13.7. The molecule has 1 N–H and O–H groups in total. The van der Waals surface area contributed by atoms with Crippen molar-refractivity contribution in [2.75, 3.05) is 6.61 Å². The first-order valence-electron chi connectivity index (χ1n) is 9.28. The van der Waals surface area contributed by atoms with Crippen LogP contribution in [0.5, 0.6) is 0 Å². The van der Waals surface area contributed by atoms with Crippen LogP contribution < -0.4 is 0 Å². The minimum absolute atomic E-state index is 0.117. The number of rotatable bonds is 6. The summed E-state index contributed by atoms with van der Waals surface area (Å²) in [4.78, 5) is 14.7. The predicted octanol–water partition coefficient (Wildman–Crippen LogP) is 2.47. The molecule has 29 heavy (non-hydrogen) atoms. The molecular formula is C21H25N3O4S. The van der Waals surface area contributed by atoms with Gasteiger partial charge in [-0.2, -0.15) is 17.6 Å². The highest BCUT2D eigenvalue weighted by Gasteiger charge is 2.33. The number of aromatic nitrogens is 2. The van der Waals surface area contributed by atoms with Gasteiger partial charge in [0.05, 0.1) is 29.7 Å². The first kappa shape index (κ1) is 21.0. The van der Waals surface area contributed by atoms with Crippen molar-refractivity contribution in [2.45, 2.75) is 39.8 Å². The van der Waals surface area contributed by atoms with Crippen LogP contribution in [0.4, 0.5) is 0 Å². The topological polar surface area (TPSA) is 92.5 Å². The standard InChI is InChI=1S/C21H25N3O4S/c1-5-20(14(2)3)29(27,28)24-11-16-10-23(12-19(16)22-24)21(26)18(13-25)17-9-7-6-8-15(17)4/h5-9,11,18,25H,1,10,12-13H2,2-4H3/t18-/m1/s1. The van der Waals surface area contributed by atoms with Crippen molar-refractivity contribution in [1.29, 1.82) is 0 Å². The van der Waals surface area contributed by atoms with Gasteiger partial charge in [-0.3, -0.25) is 4.79 Å². The third-order valence-electron chi connectivity index (χ3n) is 5.12. The average molecular weight is 416 g/mol. The fourth-order valence-corrected chi connectivity index (χ4v) is 4.98. The Labute approximate surface area is 171 Å². The summed E-state index contributed by atoms with van der Waals surface area (Å²) < 4.78 is 26.5. The monoisotopic (exact) mass is 415 g/mol. The molecule has 8 heteroatoms. The molecule has 1 aliphatic heterocycles. The summed E-state index contributed by atoms with van der Waals surface area (Å²) in [6.07, 6.45) is 2.76. The van der Waals surface area contributed by atoms with Crippen LogP contribution in [-0.2, 0) is 27.9 Å². The van der Waals surface area contributed by atoms with Gasteiger partial charge >= 0.3 is 0 Å². The van der Waals surface area contributed by atoms with Gasteiger partial charge in [0.15, 0.2) is 0 Å². The summed E-state index contributed by atoms with van der Waals surface area (Å²) in [5.74, 6) is -0.862. The third-order valence-corrected chi connectivity index (χ3v) is 6.93. The molecule has 2 heterocycles. The quantitative estimate of drug-likeness (QED) is 0.732. The van der Waals surface area contributed by atoms with Crippen molar-refractivity contribution in [3.8, 4) is 0 Å². The number of amides is 1. The van der Waals surface area contributed by atoms with Gasteiger partial charge in [-0.25, -0.2) is 0 Å². The summed E-state index contributed by atoms with van der Waals surface area (Å²) in [5.41, 5.74) is 3.57. The fraction of sp³-hybridized carbons (Fsp3) is 0.333. The van der Waals surface area contributed by atoms with E-state index in [1.165, 1.54) is 12.3 Å². The maximum Gasteiger partial charge on any atom is 0.282 e. The van der Waals surface area contributed by atoms with Gasteiger partial charge in [0.2, 0.25) is 5.91 Å². The lowest BCUT2D eigenvalue weighted by atomic mass is 9.94. The Kier molecular flexibility index (Phi) is 5.77. The van der Waals surface area contributed by atoms with Crippen molar-refractivity contribution >= 4 is 15.9 Å². The Balaban J connectivity index is 1.84. The van der Waals surface area contributed by atoms with Crippen molar-refractivity contribution in [3.05, 3.63) is 76.0 Å². The summed E-state index contributed by atoms with van der Waals surface area (Å²) >= 11 is 0. The van der Waals surface area contributed by atoms with Crippen molar-refractivity contribution in [2.24, 2.45) is 0 Å². The van der Waals surface area contributed by atoms with Crippen LogP contribution in [0.15, 0.2) is 53.6 Å². The number of allylic oxidation sites excluding steroid dienone is 2. The lowest BCUT2D eigenvalue weighted by molar-refractivity contribution is -0.134. The largest absolute Gasteiger partial charge is 0.395 e. The van der Waals surface area contributed by atoms with Gasteiger partial charge in [0.25, 0.3) is 10.0 Å². The summed E-state index contributed by atoms with van der Waals surface area (Å²) in [7, 11) is -3.81. The lowest BCUT2D eigenvalue weighted by Crippen LogP contribution is -2.33. The number of aliphatic hydroxyl groups excluding tert-OH is 1. The fourth-order valence-electron chi connectivity index (χ4n) is 3.58. The van der Waals surface area contributed by atoms with Gasteiger partial charge in [0.1, 0.15) is 0 Å². The minimum atomic E-state index is -3.81. The zero-order chi connectivity index (χ0) is 21.3. The van der Waals surface area contributed by atoms with Crippen LogP contribution >= 0.6 is 0 Å². The molecular weight excluding hydrogens is 390 g/mol. The van der Waals surface area contributed by atoms with Gasteiger partial charge in [-0.05, 0) is 38.0 Å². The SMILES string of the molecule is C=CC(=C(C)C)S(=O)(=O)n1cc2c(n1)CN(C(=O)[C@H](CO)c1ccccc1C)C2. The molecule has 0 saturated carbocycles. The molecule has 154 valence electrons. The number of carbonyl (C=O) groups is 1. The Hall–Kier alpha value is -2.71. The molecule has 0 fully saturated rings. The maximum atomic E-state index is 13.0. The Morgan fingerprint density at radius 1 is 1.31 bits per heavy atom. The Bertz CT molecular complexity index is 1070. The second-order valence-corrected chi connectivity index (χ2v) is 9.10. The first-order valence-corrected chi connectivity index (χ1v) is 10.7. The molecule has 1 aromatic carbocycles. The summed E-state index contributed by atoms with van der Waals surface area (Å²) in [6, 6.07) is 7.47. The molecule has 7 nitrogen and oxygen atoms in total. The number of benzene rings is 1. The zero-order valence-corrected chi connectivity index (χ0v) is 17.6. The van der Waals surface area contributed by atoms with Gasteiger partial charge < -0.3 is 10.0 Å². The molecule has 1 aliphatic rings. The number of nitrogens with zero attached hydrogens (tertiary/aromatic N) is 3. The zero-order valence-electron chi connectivity index (χ0n) is 16.8. The van der Waals surface area contributed by atoms with E-state index in [4.69, 9.17) is 0 Å². The summed E-state index contributed by atoms with van der Waals surface area (Å²) in [5, 5.41) is 14.0. The van der Waals surface area contributed by atoms with E-state index in [9.17, 15) is 18.3 Å². The van der Waals surface area contributed by atoms with Crippen molar-refractivity contribution in [1.82, 2.24) is 14.1 Å². The molecule has 2 aromatic rings. The van der Waals surface area contributed by atoms with E-state index in [2.05, 4.69) is 11.7 Å². The molecule has 3 rings (SSSR count). The van der Waals surface area contributed by atoms with Crippen LogP contribution in [0.3, 0.4) is 0 Å². The van der Waals surface area contributed by atoms with Crippen molar-refractivity contribution in [3.63, 3.8) is 0 Å². The van der Waals surface area contributed by atoms with Gasteiger partial charge in [-0.15, -0.1) is 0 Å². The Morgan fingerprint density at radius 2 is 2.00 bits per heavy atom. The normalized spacial score (nSPS) is 14.4. The van der Waals surface area contributed by atoms with E-state index in [1.54, 1.807) is 18.7 Å². The molecule has 0 bridgehead atoms. The molecule has 1 amide bonds. The maximum absolute atomic E-state index is 13.0. The van der Waals surface area contributed by atoms with Gasteiger partial charge in [-0.1, -0.05) is 36.4 Å². The van der Waals surface area contributed by atoms with Crippen LogP contribution in [0.1, 0.15) is 42.1 Å². The highest BCUT2D eigenvalue weighted by molar-refractivity contribution is 7.93. The molecule has 0 unspecified atom stereocenters. The van der Waals surface area contributed by atoms with Gasteiger partial charge in [0, 0.05) is 18.3 Å². The van der Waals surface area contributed by atoms with Crippen LogP contribution in [0.25, 0.3) is 0 Å². The molecule has 1 aromatic heterocycles. The second kappa shape index (κ2) is 7.96. The predicted molar refractivity (Wildman–Crippen MR) is 110 cm³/mol. The number of fused-ring (bicyclic) bond motifs is 1. The molecule has 0 spiro atoms. The number of carbonyl (C=O) groups excluding carboxylic acids is 1. The number of hydrogen-bond acceptors (Lipinski definition) is 5. The number of hydrogen-bond donors (Lipinski definition) is 1.